The van der Waals surface area contributed by atoms with Crippen LogP contribution in [0.2, 0.25) is 0 Å². The minimum absolute atomic E-state index is 0.0571. The fourth-order valence-corrected chi connectivity index (χ4v) is 4.17. The van der Waals surface area contributed by atoms with Crippen LogP contribution in [0.15, 0.2) is 54.6 Å². The number of carbonyl (C=O) groups excluding carboxylic acids is 2. The number of ether oxygens (including phenoxy) is 1. The van der Waals surface area contributed by atoms with Crippen molar-refractivity contribution in [3.8, 4) is 0 Å². The Morgan fingerprint density at radius 1 is 1.16 bits per heavy atom. The van der Waals surface area contributed by atoms with Crippen molar-refractivity contribution in [3.63, 3.8) is 0 Å². The summed E-state index contributed by atoms with van der Waals surface area (Å²) in [5, 5.41) is 2.78. The first-order valence-electron chi connectivity index (χ1n) is 11.2. The second kappa shape index (κ2) is 9.85. The molecule has 1 aliphatic rings. The molecule has 7 heteroatoms. The zero-order valence-corrected chi connectivity index (χ0v) is 18.6. The van der Waals surface area contributed by atoms with Crippen molar-refractivity contribution in [3.05, 3.63) is 66.0 Å². The van der Waals surface area contributed by atoms with Crippen LogP contribution in [0.4, 0.5) is 4.79 Å². The van der Waals surface area contributed by atoms with Gasteiger partial charge < -0.3 is 19.9 Å². The zero-order valence-electron chi connectivity index (χ0n) is 18.6. The Labute approximate surface area is 188 Å². The number of hydrogen-bond donors (Lipinski definition) is 2. The van der Waals surface area contributed by atoms with Gasteiger partial charge in [0, 0.05) is 19.0 Å². The van der Waals surface area contributed by atoms with Gasteiger partial charge in [0.05, 0.1) is 11.0 Å². The predicted octanol–water partition coefficient (Wildman–Crippen LogP) is 4.22. The van der Waals surface area contributed by atoms with Crippen LogP contribution in [0, 0.1) is 5.92 Å². The summed E-state index contributed by atoms with van der Waals surface area (Å²) in [5.74, 6) is 0.939. The summed E-state index contributed by atoms with van der Waals surface area (Å²) in [6.45, 7) is 5.30. The summed E-state index contributed by atoms with van der Waals surface area (Å²) in [6, 6.07) is 16.8. The van der Waals surface area contributed by atoms with Crippen molar-refractivity contribution >= 4 is 23.0 Å². The van der Waals surface area contributed by atoms with Gasteiger partial charge in [-0.15, -0.1) is 0 Å². The fraction of sp³-hybridized carbons (Fsp3) is 0.400. The minimum atomic E-state index is -0.632. The monoisotopic (exact) mass is 434 g/mol. The number of likely N-dealkylation sites (tertiary alicyclic amines) is 1. The number of H-pyrrole nitrogens is 1. The maximum Gasteiger partial charge on any atom is 0.408 e. The van der Waals surface area contributed by atoms with Gasteiger partial charge in [-0.05, 0) is 36.5 Å². The van der Waals surface area contributed by atoms with Crippen LogP contribution < -0.4 is 5.32 Å². The van der Waals surface area contributed by atoms with E-state index < -0.39 is 12.1 Å². The predicted molar refractivity (Wildman–Crippen MR) is 123 cm³/mol. The van der Waals surface area contributed by atoms with Gasteiger partial charge in [-0.25, -0.2) is 9.78 Å². The lowest BCUT2D eigenvalue weighted by Crippen LogP contribution is -2.53. The first-order valence-corrected chi connectivity index (χ1v) is 11.2. The molecule has 32 heavy (non-hydrogen) atoms. The normalized spacial score (nSPS) is 17.3. The van der Waals surface area contributed by atoms with Crippen molar-refractivity contribution < 1.29 is 14.3 Å². The Bertz CT molecular complexity index is 1030. The largest absolute Gasteiger partial charge is 0.445 e. The molecule has 0 aliphatic carbocycles. The molecule has 2 heterocycles. The molecule has 7 nitrogen and oxygen atoms in total. The van der Waals surface area contributed by atoms with Gasteiger partial charge in [0.2, 0.25) is 5.91 Å². The third-order valence-corrected chi connectivity index (χ3v) is 5.95. The number of aromatic nitrogens is 2. The van der Waals surface area contributed by atoms with E-state index in [0.717, 1.165) is 35.3 Å². The molecule has 2 aromatic carbocycles. The number of benzene rings is 2. The highest BCUT2D eigenvalue weighted by atomic mass is 16.5. The van der Waals surface area contributed by atoms with Gasteiger partial charge in [0.25, 0.3) is 0 Å². The average Bonchev–Trinajstić information content (AvgIpc) is 3.26. The van der Waals surface area contributed by atoms with E-state index in [1.165, 1.54) is 0 Å². The number of alkyl carbamates (subject to hydrolysis) is 1. The van der Waals surface area contributed by atoms with Crippen LogP contribution in [0.25, 0.3) is 11.0 Å². The smallest absolute Gasteiger partial charge is 0.408 e. The Morgan fingerprint density at radius 2 is 1.91 bits per heavy atom. The topological polar surface area (TPSA) is 87.3 Å². The first-order chi connectivity index (χ1) is 15.5. The molecular formula is C25H30N4O3. The molecule has 1 aromatic heterocycles. The number of para-hydroxylation sites is 2. The number of carbonyl (C=O) groups is 2. The second-order valence-electron chi connectivity index (χ2n) is 8.69. The van der Waals surface area contributed by atoms with Crippen molar-refractivity contribution in [2.24, 2.45) is 5.92 Å². The maximum absolute atomic E-state index is 13.3. The van der Waals surface area contributed by atoms with Crippen LogP contribution in [0.1, 0.15) is 44.0 Å². The van der Waals surface area contributed by atoms with E-state index in [1.54, 1.807) is 0 Å². The minimum Gasteiger partial charge on any atom is -0.445 e. The highest BCUT2D eigenvalue weighted by molar-refractivity contribution is 5.86. The summed E-state index contributed by atoms with van der Waals surface area (Å²) in [7, 11) is 0. The van der Waals surface area contributed by atoms with Gasteiger partial charge in [-0.1, -0.05) is 56.3 Å². The van der Waals surface area contributed by atoms with E-state index in [4.69, 9.17) is 9.72 Å². The number of nitrogens with zero attached hydrogens (tertiary/aromatic N) is 2. The molecule has 0 bridgehead atoms. The number of imidazole rings is 1. The molecule has 0 radical (unpaired) electrons. The molecule has 3 aromatic rings. The first kappa shape index (κ1) is 21.9. The summed E-state index contributed by atoms with van der Waals surface area (Å²) in [6.07, 6.45) is 1.30. The summed E-state index contributed by atoms with van der Waals surface area (Å²) < 4.78 is 5.33. The Morgan fingerprint density at radius 3 is 2.66 bits per heavy atom. The fourth-order valence-electron chi connectivity index (χ4n) is 4.17. The Balaban J connectivity index is 1.39. The quantitative estimate of drug-likeness (QED) is 0.608. The van der Waals surface area contributed by atoms with Crippen molar-refractivity contribution in [2.45, 2.75) is 45.3 Å². The molecule has 1 unspecified atom stereocenters. The van der Waals surface area contributed by atoms with E-state index in [9.17, 15) is 9.59 Å². The van der Waals surface area contributed by atoms with Crippen LogP contribution in [-0.2, 0) is 16.1 Å². The zero-order chi connectivity index (χ0) is 22.5. The summed E-state index contributed by atoms with van der Waals surface area (Å²) >= 11 is 0. The second-order valence-corrected chi connectivity index (χ2v) is 8.69. The standard InChI is InChI=1S/C25H30N4O3/c1-17(2)22(28-25(31)32-16-18-9-4-3-5-10-18)24(30)29-14-8-11-19(15-29)23-26-20-12-6-7-13-21(20)27-23/h3-7,9-10,12-13,17,19,22H,8,11,14-16H2,1-2H3,(H,26,27)(H,28,31)/t19?,22-/m0/s1. The summed E-state index contributed by atoms with van der Waals surface area (Å²) in [4.78, 5) is 35.7. The number of nitrogens with one attached hydrogen (secondary N) is 2. The van der Waals surface area contributed by atoms with Gasteiger partial charge in [0.1, 0.15) is 18.5 Å². The molecule has 168 valence electrons. The van der Waals surface area contributed by atoms with E-state index in [1.807, 2.05) is 73.3 Å². The highest BCUT2D eigenvalue weighted by Gasteiger charge is 2.33. The molecule has 0 spiro atoms. The number of aromatic amines is 1. The van der Waals surface area contributed by atoms with Gasteiger partial charge >= 0.3 is 6.09 Å². The Hall–Kier alpha value is -3.35. The van der Waals surface area contributed by atoms with E-state index >= 15 is 0 Å². The van der Waals surface area contributed by atoms with Gasteiger partial charge in [0.15, 0.2) is 0 Å². The molecule has 2 atom stereocenters. The molecule has 2 N–H and O–H groups in total. The highest BCUT2D eigenvalue weighted by Crippen LogP contribution is 2.27. The SMILES string of the molecule is CC(C)[C@H](NC(=O)OCc1ccccc1)C(=O)N1CCCC(c2nc3ccccc3[nH]2)C1. The molecule has 1 saturated heterocycles. The molecule has 1 aliphatic heterocycles. The Kier molecular flexibility index (Phi) is 6.73. The number of rotatable bonds is 6. The van der Waals surface area contributed by atoms with Crippen LogP contribution in [-0.4, -0.2) is 46.0 Å². The lowest BCUT2D eigenvalue weighted by atomic mass is 9.95. The molecule has 2 amide bonds. The number of hydrogen-bond acceptors (Lipinski definition) is 4. The van der Waals surface area contributed by atoms with Crippen molar-refractivity contribution in [1.82, 2.24) is 20.2 Å². The average molecular weight is 435 g/mol. The van der Waals surface area contributed by atoms with Crippen molar-refractivity contribution in [2.75, 3.05) is 13.1 Å². The summed E-state index contributed by atoms with van der Waals surface area (Å²) in [5.41, 5.74) is 2.85. The molecule has 4 rings (SSSR count). The van der Waals surface area contributed by atoms with E-state index in [0.29, 0.717) is 13.1 Å². The third-order valence-electron chi connectivity index (χ3n) is 5.95. The third kappa shape index (κ3) is 5.10. The molecule has 1 fully saturated rings. The van der Waals surface area contributed by atoms with Crippen molar-refractivity contribution in [1.29, 1.82) is 0 Å². The lowest BCUT2D eigenvalue weighted by Gasteiger charge is -2.35. The lowest BCUT2D eigenvalue weighted by molar-refractivity contribution is -0.135. The van der Waals surface area contributed by atoms with E-state index in [-0.39, 0.29) is 24.3 Å². The van der Waals surface area contributed by atoms with E-state index in [2.05, 4.69) is 10.3 Å². The van der Waals surface area contributed by atoms with Gasteiger partial charge in [-0.3, -0.25) is 4.79 Å². The maximum atomic E-state index is 13.3. The van der Waals surface area contributed by atoms with Gasteiger partial charge in [-0.2, -0.15) is 0 Å². The number of piperidine rings is 1. The molecular weight excluding hydrogens is 404 g/mol. The number of amides is 2. The van der Waals surface area contributed by atoms with Crippen LogP contribution in [0.5, 0.6) is 0 Å². The van der Waals surface area contributed by atoms with Crippen LogP contribution in [0.3, 0.4) is 0 Å². The molecule has 0 saturated carbocycles. The van der Waals surface area contributed by atoms with Crippen LogP contribution >= 0.6 is 0 Å². The number of fused-ring (bicyclic) bond motifs is 1.